The van der Waals surface area contributed by atoms with Crippen molar-refractivity contribution in [2.24, 2.45) is 0 Å². The number of nitrogens with zero attached hydrogens (tertiary/aromatic N) is 3. The molecule has 6 nitrogen and oxygen atoms in total. The van der Waals surface area contributed by atoms with Crippen LogP contribution in [0.25, 0.3) is 11.4 Å². The molecule has 3 aromatic carbocycles. The first-order chi connectivity index (χ1) is 20.6. The van der Waals surface area contributed by atoms with Crippen LogP contribution in [0, 0.1) is 0 Å². The molecule has 0 amide bonds. The molecule has 1 aliphatic heterocycles. The Morgan fingerprint density at radius 3 is 2.33 bits per heavy atom. The average molecular weight is 576 g/mol. The maximum absolute atomic E-state index is 12.8. The lowest BCUT2D eigenvalue weighted by molar-refractivity contribution is -0.0498. The van der Waals surface area contributed by atoms with E-state index in [1.165, 1.54) is 5.69 Å². The van der Waals surface area contributed by atoms with Crippen molar-refractivity contribution in [1.82, 2.24) is 14.5 Å². The molecule has 0 radical (unpaired) electrons. The van der Waals surface area contributed by atoms with Crippen molar-refractivity contribution in [3.8, 4) is 28.6 Å². The number of fused-ring (bicyclic) bond motifs is 1. The van der Waals surface area contributed by atoms with E-state index in [0.717, 1.165) is 72.7 Å². The summed E-state index contributed by atoms with van der Waals surface area (Å²) in [5.41, 5.74) is 4.42. The van der Waals surface area contributed by atoms with E-state index in [4.69, 9.17) is 14.5 Å². The molecular weight excluding hydrogens is 536 g/mol. The van der Waals surface area contributed by atoms with Gasteiger partial charge in [0.2, 0.25) is 6.79 Å². The van der Waals surface area contributed by atoms with E-state index in [0.29, 0.717) is 13.1 Å². The van der Waals surface area contributed by atoms with Gasteiger partial charge in [-0.25, -0.2) is 4.98 Å². The largest absolute Gasteiger partial charge is 0.454 e. The number of benzene rings is 3. The van der Waals surface area contributed by atoms with Crippen LogP contribution < -0.4 is 14.2 Å². The lowest BCUT2D eigenvalue weighted by Crippen LogP contribution is -2.30. The van der Waals surface area contributed by atoms with E-state index in [1.807, 2.05) is 30.5 Å². The molecule has 5 rings (SSSR count). The molecule has 4 aromatic rings. The second kappa shape index (κ2) is 14.3. The molecule has 0 N–H and O–H groups in total. The number of unbranched alkanes of at least 4 members (excludes halogenated alkanes) is 2. The highest BCUT2D eigenvalue weighted by Gasteiger charge is 2.27. The molecule has 1 atom stereocenters. The number of rotatable bonds is 15. The Bertz CT molecular complexity index is 1410. The molecule has 0 saturated carbocycles. The van der Waals surface area contributed by atoms with E-state index in [-0.39, 0.29) is 18.6 Å². The van der Waals surface area contributed by atoms with Crippen LogP contribution in [0.2, 0.25) is 0 Å². The highest BCUT2D eigenvalue weighted by atomic mass is 19.3. The van der Waals surface area contributed by atoms with Gasteiger partial charge in [-0.1, -0.05) is 81.6 Å². The van der Waals surface area contributed by atoms with Gasteiger partial charge < -0.3 is 18.8 Å². The van der Waals surface area contributed by atoms with Gasteiger partial charge in [-0.2, -0.15) is 8.78 Å². The fraction of sp³-hybridized carbons (Fsp3) is 0.382. The van der Waals surface area contributed by atoms with Crippen LogP contribution in [0.15, 0.2) is 79.0 Å². The van der Waals surface area contributed by atoms with E-state index in [9.17, 15) is 8.78 Å². The first-order valence-corrected chi connectivity index (χ1v) is 14.8. The summed E-state index contributed by atoms with van der Waals surface area (Å²) in [5, 5.41) is 0. The predicted octanol–water partition coefficient (Wildman–Crippen LogP) is 8.61. The predicted molar refractivity (Wildman–Crippen MR) is 160 cm³/mol. The van der Waals surface area contributed by atoms with Crippen LogP contribution in [0.4, 0.5) is 8.78 Å². The second-order valence-electron chi connectivity index (χ2n) is 10.7. The first-order valence-electron chi connectivity index (χ1n) is 14.8. The van der Waals surface area contributed by atoms with Crippen LogP contribution in [0.5, 0.6) is 17.2 Å². The van der Waals surface area contributed by atoms with E-state index >= 15 is 0 Å². The van der Waals surface area contributed by atoms with Gasteiger partial charge in [0.1, 0.15) is 11.6 Å². The topological polar surface area (TPSA) is 48.8 Å². The Morgan fingerprint density at radius 1 is 0.881 bits per heavy atom. The van der Waals surface area contributed by atoms with Gasteiger partial charge in [0, 0.05) is 25.2 Å². The van der Waals surface area contributed by atoms with Crippen molar-refractivity contribution in [2.45, 2.75) is 78.2 Å². The first kappa shape index (κ1) is 29.6. The molecule has 1 aromatic heterocycles. The second-order valence-corrected chi connectivity index (χ2v) is 10.7. The third-order valence-electron chi connectivity index (χ3n) is 7.62. The number of ether oxygens (including phenoxy) is 3. The standard InChI is InChI=1S/C34H39F2N3O3/c1-3-5-12-29(30-21-37-33(39(30)19-6-4-2)27-10-8-7-9-11-27)38(22-25-13-16-28(17-14-25)42-34(35)36)23-26-15-18-31-32(20-26)41-24-40-31/h7-11,13-18,20-21,29,34H,3-6,12,19,22-24H2,1-2H3. The highest BCUT2D eigenvalue weighted by Crippen LogP contribution is 2.36. The fourth-order valence-corrected chi connectivity index (χ4v) is 5.50. The minimum atomic E-state index is -2.85. The molecule has 42 heavy (non-hydrogen) atoms. The SMILES string of the molecule is CCCCC(c1cnc(-c2ccccc2)n1CCCC)N(Cc1ccc(OC(F)F)cc1)Cc1ccc2c(c1)OCO2. The molecule has 0 bridgehead atoms. The van der Waals surface area contributed by atoms with Crippen LogP contribution >= 0.6 is 0 Å². The molecule has 222 valence electrons. The highest BCUT2D eigenvalue weighted by molar-refractivity contribution is 5.56. The summed E-state index contributed by atoms with van der Waals surface area (Å²) in [5.74, 6) is 2.65. The zero-order valence-electron chi connectivity index (χ0n) is 24.3. The quantitative estimate of drug-likeness (QED) is 0.142. The van der Waals surface area contributed by atoms with Crippen molar-refractivity contribution in [2.75, 3.05) is 6.79 Å². The van der Waals surface area contributed by atoms with Crippen molar-refractivity contribution in [3.05, 3.63) is 95.8 Å². The summed E-state index contributed by atoms with van der Waals surface area (Å²) in [7, 11) is 0. The molecule has 8 heteroatoms. The molecule has 0 spiro atoms. The fourth-order valence-electron chi connectivity index (χ4n) is 5.50. The van der Waals surface area contributed by atoms with Gasteiger partial charge >= 0.3 is 6.61 Å². The van der Waals surface area contributed by atoms with Crippen LogP contribution in [-0.4, -0.2) is 27.9 Å². The van der Waals surface area contributed by atoms with Gasteiger partial charge in [0.05, 0.1) is 17.9 Å². The number of alkyl halides is 2. The Hall–Kier alpha value is -3.91. The minimum Gasteiger partial charge on any atom is -0.454 e. The Labute approximate surface area is 246 Å². The molecule has 1 aliphatic rings. The summed E-state index contributed by atoms with van der Waals surface area (Å²) < 4.78 is 43.8. The zero-order chi connectivity index (χ0) is 29.3. The van der Waals surface area contributed by atoms with Crippen LogP contribution in [0.1, 0.15) is 68.8 Å². The maximum Gasteiger partial charge on any atom is 0.387 e. The molecule has 0 fully saturated rings. The van der Waals surface area contributed by atoms with Gasteiger partial charge in [-0.15, -0.1) is 0 Å². The summed E-state index contributed by atoms with van der Waals surface area (Å²) >= 11 is 0. The molecular formula is C34H39F2N3O3. The maximum atomic E-state index is 12.8. The molecule has 0 saturated heterocycles. The number of imidazole rings is 1. The third-order valence-corrected chi connectivity index (χ3v) is 7.62. The number of hydrogen-bond donors (Lipinski definition) is 0. The van der Waals surface area contributed by atoms with E-state index in [1.54, 1.807) is 12.1 Å². The lowest BCUT2D eigenvalue weighted by Gasteiger charge is -2.33. The van der Waals surface area contributed by atoms with Gasteiger partial charge in [0.25, 0.3) is 0 Å². The summed E-state index contributed by atoms with van der Waals surface area (Å²) in [4.78, 5) is 7.43. The van der Waals surface area contributed by atoms with E-state index < -0.39 is 6.61 Å². The average Bonchev–Trinajstić information content (AvgIpc) is 3.64. The van der Waals surface area contributed by atoms with Gasteiger partial charge in [-0.3, -0.25) is 4.90 Å². The number of aromatic nitrogens is 2. The molecule has 0 aliphatic carbocycles. The third kappa shape index (κ3) is 7.29. The van der Waals surface area contributed by atoms with Crippen molar-refractivity contribution in [1.29, 1.82) is 0 Å². The molecule has 1 unspecified atom stereocenters. The Balaban J connectivity index is 1.53. The lowest BCUT2D eigenvalue weighted by atomic mass is 10.0. The summed E-state index contributed by atoms with van der Waals surface area (Å²) in [6.07, 6.45) is 7.27. The van der Waals surface area contributed by atoms with Gasteiger partial charge in [0.15, 0.2) is 11.5 Å². The monoisotopic (exact) mass is 575 g/mol. The number of halogens is 2. The van der Waals surface area contributed by atoms with Gasteiger partial charge in [-0.05, 0) is 48.2 Å². The Morgan fingerprint density at radius 2 is 1.60 bits per heavy atom. The minimum absolute atomic E-state index is 0.0779. The molecule has 2 heterocycles. The number of hydrogen-bond acceptors (Lipinski definition) is 5. The van der Waals surface area contributed by atoms with Crippen LogP contribution in [-0.2, 0) is 19.6 Å². The normalized spacial score (nSPS) is 13.2. The van der Waals surface area contributed by atoms with Crippen LogP contribution in [0.3, 0.4) is 0 Å². The van der Waals surface area contributed by atoms with Crippen molar-refractivity contribution < 1.29 is 23.0 Å². The zero-order valence-corrected chi connectivity index (χ0v) is 24.3. The summed E-state index contributed by atoms with van der Waals surface area (Å²) in [6, 6.07) is 23.5. The van der Waals surface area contributed by atoms with E-state index in [2.05, 4.69) is 64.4 Å². The summed E-state index contributed by atoms with van der Waals surface area (Å²) in [6.45, 7) is 3.98. The van der Waals surface area contributed by atoms with Crippen molar-refractivity contribution >= 4 is 0 Å². The van der Waals surface area contributed by atoms with Crippen molar-refractivity contribution in [3.63, 3.8) is 0 Å². The Kier molecular flexibility index (Phi) is 10.1. The smallest absolute Gasteiger partial charge is 0.387 e.